The number of piperidine rings is 1. The summed E-state index contributed by atoms with van der Waals surface area (Å²) in [5, 5.41) is 6.39. The Kier molecular flexibility index (Phi) is 13.7. The lowest BCUT2D eigenvalue weighted by Crippen LogP contribution is -2.68. The van der Waals surface area contributed by atoms with E-state index in [0.29, 0.717) is 83.5 Å². The van der Waals surface area contributed by atoms with Crippen molar-refractivity contribution in [2.24, 2.45) is 0 Å². The van der Waals surface area contributed by atoms with Crippen LogP contribution in [-0.4, -0.2) is 96.8 Å². The fraction of sp³-hybridized carbons (Fsp3) is 0.508. The van der Waals surface area contributed by atoms with Crippen LogP contribution in [0, 0.1) is 17.3 Å². The number of nitrogens with zero attached hydrogens (tertiary/aromatic N) is 6. The maximum Gasteiger partial charge on any atom is 0.320 e. The number of nitrogens with one attached hydrogen (secondary N) is 1. The zero-order valence-electron chi connectivity index (χ0n) is 45.9. The summed E-state index contributed by atoms with van der Waals surface area (Å²) in [4.78, 5) is 32.6. The molecule has 5 fully saturated rings. The van der Waals surface area contributed by atoms with Crippen molar-refractivity contribution in [3.05, 3.63) is 96.3 Å². The number of hydrogen-bond acceptors (Lipinski definition) is 9. The Morgan fingerprint density at radius 2 is 1.53 bits per heavy atom. The number of fused-ring (bicyclic) bond motifs is 3. The van der Waals surface area contributed by atoms with Crippen molar-refractivity contribution >= 4 is 60.4 Å². The maximum absolute atomic E-state index is 17.1. The van der Waals surface area contributed by atoms with E-state index in [2.05, 4.69) is 142 Å². The van der Waals surface area contributed by atoms with Gasteiger partial charge in [-0.2, -0.15) is 15.0 Å². The van der Waals surface area contributed by atoms with Gasteiger partial charge in [-0.1, -0.05) is 135 Å². The summed E-state index contributed by atoms with van der Waals surface area (Å²) in [5.74, 6) is 4.78. The highest BCUT2D eigenvalue weighted by atomic mass is 28.4. The molecule has 6 heterocycles. The zero-order chi connectivity index (χ0) is 53.4. The third kappa shape index (κ3) is 8.97. The molecule has 400 valence electrons. The molecule has 76 heavy (non-hydrogen) atoms. The molecule has 6 aromatic rings. The van der Waals surface area contributed by atoms with Crippen LogP contribution in [0.25, 0.3) is 21.9 Å². The Morgan fingerprint density at radius 1 is 0.855 bits per heavy atom. The number of β-lactam (4-membered cyclic amide) rings is 1. The smallest absolute Gasteiger partial charge is 0.320 e. The molecule has 15 heteroatoms. The van der Waals surface area contributed by atoms with E-state index in [-0.39, 0.29) is 40.7 Å². The van der Waals surface area contributed by atoms with Gasteiger partial charge < -0.3 is 24.1 Å². The Balaban J connectivity index is 1.12. The molecule has 4 aromatic carbocycles. The van der Waals surface area contributed by atoms with Gasteiger partial charge in [-0.15, -0.1) is 5.54 Å². The summed E-state index contributed by atoms with van der Waals surface area (Å²) in [6.07, 6.45) is 6.33. The van der Waals surface area contributed by atoms with E-state index in [0.717, 1.165) is 72.8 Å². The molecule has 4 saturated heterocycles. The molecule has 1 saturated carbocycles. The largest absolute Gasteiger partial charge is 0.534 e. The summed E-state index contributed by atoms with van der Waals surface area (Å²) >= 11 is 0. The predicted octanol–water partition coefficient (Wildman–Crippen LogP) is 12.0. The van der Waals surface area contributed by atoms with Crippen molar-refractivity contribution in [1.82, 2.24) is 29.7 Å². The second kappa shape index (κ2) is 19.9. The van der Waals surface area contributed by atoms with E-state index in [9.17, 15) is 4.79 Å². The fourth-order valence-electron chi connectivity index (χ4n) is 14.2. The lowest BCUT2D eigenvalue weighted by molar-refractivity contribution is -0.133. The average Bonchev–Trinajstić information content (AvgIpc) is 4.04. The van der Waals surface area contributed by atoms with Gasteiger partial charge in [0.2, 0.25) is 5.91 Å². The summed E-state index contributed by atoms with van der Waals surface area (Å²) in [6, 6.07) is 28.9. The number of amides is 1. The highest BCUT2D eigenvalue weighted by Crippen LogP contribution is 2.48. The van der Waals surface area contributed by atoms with Gasteiger partial charge in [-0.3, -0.25) is 14.3 Å². The van der Waals surface area contributed by atoms with E-state index >= 15 is 8.78 Å². The van der Waals surface area contributed by atoms with Crippen molar-refractivity contribution < 1.29 is 27.5 Å². The highest BCUT2D eigenvalue weighted by Gasteiger charge is 2.53. The lowest BCUT2D eigenvalue weighted by Gasteiger charge is -2.49. The third-order valence-corrected chi connectivity index (χ3v) is 29.3. The van der Waals surface area contributed by atoms with Gasteiger partial charge in [-0.25, -0.2) is 8.78 Å². The van der Waals surface area contributed by atoms with Crippen LogP contribution < -0.4 is 34.5 Å². The standard InChI is InChI=1S/C61H75F2N7O4Si2/c1-40(2)75(41(3)4,42(5)6)32-27-49-50(63)26-25-43-33-46(74-76(59(7,8)9,47-21-12-10-13-22-47)48-23-14-11-15-24-48)34-51(53(43)49)73-58-65-55-54(70(58)45-19-16-20-45)56(68-30-17-28-60(38-68)36-52(71)67-60)66-57(64-55)72-39-61-29-18-31-69(61)37-44(62)35-61/h10-15,21-26,33-34,40-42,44-45H,16-20,28-31,35-39H2,1-9H3,(H,67,71)/t44-,60?,61+/m1/s1. The summed E-state index contributed by atoms with van der Waals surface area (Å²) in [5.41, 5.74) is 5.47. The SMILES string of the molecule is CC(C)[Si](C#Cc1c(F)ccc2cc(O[Si](c3ccccc3)(c3ccccc3)C(C)(C)C)cc(Oc3nc4nc(OC[C@@]56CCCN5C[C@H](F)C6)nc(N5CCCC6(CC(=O)N6)C5)c4n3C3CCC3)c12)(C(C)C)C(C)C. The monoisotopic (exact) mass is 1060 g/mol. The molecule has 1 unspecified atom stereocenters. The first-order chi connectivity index (χ1) is 36.3. The van der Waals surface area contributed by atoms with Gasteiger partial charge in [0.1, 0.15) is 43.7 Å². The van der Waals surface area contributed by atoms with Crippen molar-refractivity contribution in [2.45, 2.75) is 165 Å². The number of carbonyl (C=O) groups is 1. The first kappa shape index (κ1) is 52.2. The summed E-state index contributed by atoms with van der Waals surface area (Å²) in [7, 11) is -5.53. The molecular formula is C61H75F2N7O4Si2. The minimum atomic E-state index is -3.19. The van der Waals surface area contributed by atoms with E-state index in [1.54, 1.807) is 0 Å². The molecule has 2 aromatic heterocycles. The first-order valence-electron chi connectivity index (χ1n) is 28.0. The molecule has 1 N–H and O–H groups in total. The average molecular weight is 1060 g/mol. The van der Waals surface area contributed by atoms with Crippen LogP contribution in [0.3, 0.4) is 0 Å². The molecule has 1 spiro atoms. The number of carbonyl (C=O) groups excluding carboxylic acids is 1. The minimum absolute atomic E-state index is 0.00994. The topological polar surface area (TPSA) is 107 Å². The van der Waals surface area contributed by atoms with Crippen molar-refractivity contribution in [2.75, 3.05) is 37.7 Å². The number of aromatic nitrogens is 4. The number of imidazole rings is 1. The summed E-state index contributed by atoms with van der Waals surface area (Å²) < 4.78 is 56.0. The number of ether oxygens (including phenoxy) is 2. The quantitative estimate of drug-likeness (QED) is 0.0648. The Morgan fingerprint density at radius 3 is 2.14 bits per heavy atom. The van der Waals surface area contributed by atoms with Gasteiger partial charge in [0, 0.05) is 43.5 Å². The van der Waals surface area contributed by atoms with Crippen LogP contribution in [-0.2, 0) is 4.79 Å². The van der Waals surface area contributed by atoms with Crippen LogP contribution >= 0.6 is 0 Å². The van der Waals surface area contributed by atoms with Crippen molar-refractivity contribution in [3.8, 4) is 35.0 Å². The molecule has 4 aliphatic heterocycles. The van der Waals surface area contributed by atoms with Gasteiger partial charge in [-0.05, 0) is 101 Å². The van der Waals surface area contributed by atoms with Crippen LogP contribution in [0.2, 0.25) is 21.7 Å². The van der Waals surface area contributed by atoms with E-state index in [4.69, 9.17) is 28.9 Å². The third-order valence-electron chi connectivity index (χ3n) is 18.1. The maximum atomic E-state index is 17.1. The Hall–Kier alpha value is -5.83. The van der Waals surface area contributed by atoms with E-state index < -0.39 is 33.9 Å². The Labute approximate surface area is 449 Å². The molecule has 0 bridgehead atoms. The van der Waals surface area contributed by atoms with Crippen LogP contribution in [0.15, 0.2) is 84.9 Å². The number of rotatable bonds is 14. The number of alkyl halides is 1. The number of anilines is 1. The molecule has 11 rings (SSSR count). The summed E-state index contributed by atoms with van der Waals surface area (Å²) in [6.45, 7) is 23.2. The zero-order valence-corrected chi connectivity index (χ0v) is 47.9. The second-order valence-corrected chi connectivity index (χ2v) is 34.5. The molecule has 5 aliphatic rings. The van der Waals surface area contributed by atoms with E-state index in [1.165, 1.54) is 6.07 Å². The van der Waals surface area contributed by atoms with Gasteiger partial charge in [0.25, 0.3) is 0 Å². The van der Waals surface area contributed by atoms with Gasteiger partial charge in [0.05, 0.1) is 23.1 Å². The Bertz CT molecular complexity index is 3150. The molecule has 11 nitrogen and oxygen atoms in total. The van der Waals surface area contributed by atoms with Crippen LogP contribution in [0.1, 0.15) is 132 Å². The predicted molar refractivity (Wildman–Crippen MR) is 304 cm³/mol. The minimum Gasteiger partial charge on any atom is -0.534 e. The van der Waals surface area contributed by atoms with Gasteiger partial charge in [0.15, 0.2) is 11.5 Å². The normalized spacial score (nSPS) is 22.3. The number of benzene rings is 4. The first-order valence-corrected chi connectivity index (χ1v) is 32.1. The number of halogens is 2. The molecular weight excluding hydrogens is 989 g/mol. The fourth-order valence-corrected chi connectivity index (χ4v) is 23.9. The molecule has 0 radical (unpaired) electrons. The molecule has 3 atom stereocenters. The highest BCUT2D eigenvalue weighted by molar-refractivity contribution is 7.00. The van der Waals surface area contributed by atoms with Crippen LogP contribution in [0.5, 0.6) is 23.5 Å². The molecule has 1 aliphatic carbocycles. The van der Waals surface area contributed by atoms with Gasteiger partial charge >= 0.3 is 20.3 Å². The lowest BCUT2D eigenvalue weighted by atomic mass is 9.80. The number of hydrogen-bond donors (Lipinski definition) is 1. The van der Waals surface area contributed by atoms with Crippen LogP contribution in [0.4, 0.5) is 14.6 Å². The molecule has 1 amide bonds. The van der Waals surface area contributed by atoms with Crippen molar-refractivity contribution in [1.29, 1.82) is 0 Å². The van der Waals surface area contributed by atoms with E-state index in [1.807, 2.05) is 30.3 Å². The van der Waals surface area contributed by atoms with Crippen molar-refractivity contribution in [3.63, 3.8) is 0 Å². The second-order valence-electron chi connectivity index (χ2n) is 24.7.